The molecule has 1 aliphatic carbocycles. The Kier molecular flexibility index (Phi) is 5.86. The van der Waals surface area contributed by atoms with E-state index in [9.17, 15) is 9.59 Å². The first-order valence-corrected chi connectivity index (χ1v) is 8.26. The molecule has 0 aromatic carbocycles. The predicted octanol–water partition coefficient (Wildman–Crippen LogP) is 2.33. The van der Waals surface area contributed by atoms with Crippen LogP contribution in [0.5, 0.6) is 0 Å². The molecule has 2 fully saturated rings. The highest BCUT2D eigenvalue weighted by Gasteiger charge is 2.30. The second-order valence-corrected chi connectivity index (χ2v) is 6.32. The molecule has 0 bridgehead atoms. The van der Waals surface area contributed by atoms with E-state index < -0.39 is 0 Å². The molecule has 4 heteroatoms. The molecule has 0 atom stereocenters. The van der Waals surface area contributed by atoms with Crippen LogP contribution < -0.4 is 5.32 Å². The fraction of sp³-hybridized carbons (Fsp3) is 0.875. The number of carbonyl (C=O) groups excluding carboxylic acids is 2. The van der Waals surface area contributed by atoms with Gasteiger partial charge < -0.3 is 10.2 Å². The quantitative estimate of drug-likeness (QED) is 0.859. The van der Waals surface area contributed by atoms with Crippen molar-refractivity contribution in [3.05, 3.63) is 0 Å². The van der Waals surface area contributed by atoms with Gasteiger partial charge >= 0.3 is 0 Å². The third-order valence-electron chi connectivity index (χ3n) is 4.74. The molecule has 0 spiro atoms. The second-order valence-electron chi connectivity index (χ2n) is 6.32. The summed E-state index contributed by atoms with van der Waals surface area (Å²) in [4.78, 5) is 25.8. The van der Waals surface area contributed by atoms with E-state index in [1.54, 1.807) is 4.90 Å². The normalized spacial score (nSPS) is 27.9. The zero-order valence-electron chi connectivity index (χ0n) is 12.7. The van der Waals surface area contributed by atoms with Crippen LogP contribution in [0.3, 0.4) is 0 Å². The predicted molar refractivity (Wildman–Crippen MR) is 79.2 cm³/mol. The lowest BCUT2D eigenvalue weighted by Crippen LogP contribution is -2.41. The molecular formula is C16H28N2O2. The van der Waals surface area contributed by atoms with Crippen molar-refractivity contribution < 1.29 is 9.59 Å². The van der Waals surface area contributed by atoms with E-state index in [2.05, 4.69) is 12.2 Å². The Morgan fingerprint density at radius 3 is 2.75 bits per heavy atom. The van der Waals surface area contributed by atoms with Crippen LogP contribution in [0.2, 0.25) is 0 Å². The van der Waals surface area contributed by atoms with Gasteiger partial charge in [-0.2, -0.15) is 0 Å². The summed E-state index contributed by atoms with van der Waals surface area (Å²) in [5.41, 5.74) is 0. The highest BCUT2D eigenvalue weighted by molar-refractivity contribution is 5.86. The summed E-state index contributed by atoms with van der Waals surface area (Å²) in [7, 11) is 0. The molecule has 1 saturated heterocycles. The molecule has 2 amide bonds. The van der Waals surface area contributed by atoms with Crippen molar-refractivity contribution in [3.63, 3.8) is 0 Å². The van der Waals surface area contributed by atoms with E-state index in [-0.39, 0.29) is 24.3 Å². The smallest absolute Gasteiger partial charge is 0.239 e. The van der Waals surface area contributed by atoms with E-state index in [4.69, 9.17) is 0 Å². The van der Waals surface area contributed by atoms with Crippen LogP contribution in [0, 0.1) is 11.8 Å². The maximum Gasteiger partial charge on any atom is 0.239 e. The molecule has 1 heterocycles. The van der Waals surface area contributed by atoms with Crippen molar-refractivity contribution in [1.82, 2.24) is 10.2 Å². The van der Waals surface area contributed by atoms with Crippen molar-refractivity contribution in [2.45, 2.75) is 58.3 Å². The Bertz CT molecular complexity index is 335. The third-order valence-corrected chi connectivity index (χ3v) is 4.74. The lowest BCUT2D eigenvalue weighted by molar-refractivity contribution is -0.139. The van der Waals surface area contributed by atoms with Crippen molar-refractivity contribution in [2.75, 3.05) is 19.6 Å². The van der Waals surface area contributed by atoms with Gasteiger partial charge in [0.25, 0.3) is 0 Å². The highest BCUT2D eigenvalue weighted by Crippen LogP contribution is 2.32. The molecule has 0 unspecified atom stereocenters. The van der Waals surface area contributed by atoms with E-state index in [1.165, 1.54) is 32.1 Å². The number of nitrogens with one attached hydrogen (secondary N) is 1. The van der Waals surface area contributed by atoms with Crippen LogP contribution in [-0.4, -0.2) is 36.3 Å². The number of hydrogen-bond donors (Lipinski definition) is 1. The first-order valence-electron chi connectivity index (χ1n) is 8.26. The topological polar surface area (TPSA) is 49.4 Å². The lowest BCUT2D eigenvalue weighted by atomic mass is 9.79. The number of amides is 2. The van der Waals surface area contributed by atoms with Crippen LogP contribution in [0.15, 0.2) is 0 Å². The number of rotatable bonds is 4. The lowest BCUT2D eigenvalue weighted by Gasteiger charge is -2.31. The number of hydrogen-bond acceptors (Lipinski definition) is 2. The Labute approximate surface area is 122 Å². The molecule has 0 aromatic heterocycles. The molecule has 20 heavy (non-hydrogen) atoms. The Balaban J connectivity index is 1.80. The largest absolute Gasteiger partial charge is 0.354 e. The monoisotopic (exact) mass is 280 g/mol. The molecule has 1 aliphatic heterocycles. The molecule has 4 nitrogen and oxygen atoms in total. The van der Waals surface area contributed by atoms with Gasteiger partial charge in [-0.25, -0.2) is 0 Å². The summed E-state index contributed by atoms with van der Waals surface area (Å²) in [5.74, 6) is 1.20. The zero-order chi connectivity index (χ0) is 14.4. The molecule has 1 N–H and O–H groups in total. The van der Waals surface area contributed by atoms with Gasteiger partial charge in [0.2, 0.25) is 11.8 Å². The van der Waals surface area contributed by atoms with Gasteiger partial charge in [0.05, 0.1) is 6.54 Å². The van der Waals surface area contributed by atoms with Crippen molar-refractivity contribution in [3.8, 4) is 0 Å². The minimum atomic E-state index is -0.00696. The average Bonchev–Trinajstić information content (AvgIpc) is 2.69. The third kappa shape index (κ3) is 4.22. The Hall–Kier alpha value is -1.06. The number of unbranched alkanes of at least 4 members (excludes halogenated alkanes) is 1. The van der Waals surface area contributed by atoms with Crippen LogP contribution in [0.1, 0.15) is 58.3 Å². The minimum Gasteiger partial charge on any atom is -0.354 e. The second kappa shape index (κ2) is 7.65. The van der Waals surface area contributed by atoms with E-state index in [0.717, 1.165) is 31.7 Å². The van der Waals surface area contributed by atoms with Crippen molar-refractivity contribution in [2.24, 2.45) is 11.8 Å². The van der Waals surface area contributed by atoms with Crippen LogP contribution in [-0.2, 0) is 9.59 Å². The molecule has 114 valence electrons. The van der Waals surface area contributed by atoms with Gasteiger partial charge in [-0.15, -0.1) is 0 Å². The zero-order valence-corrected chi connectivity index (χ0v) is 12.7. The SMILES string of the molecule is CCCCC1CCC(C(=O)N2CCCNC(=O)C2)CC1. The summed E-state index contributed by atoms with van der Waals surface area (Å²) >= 11 is 0. The maximum atomic E-state index is 12.5. The number of carbonyl (C=O) groups is 2. The molecule has 0 radical (unpaired) electrons. The molecule has 1 saturated carbocycles. The van der Waals surface area contributed by atoms with Gasteiger partial charge in [0.1, 0.15) is 0 Å². The Morgan fingerprint density at radius 2 is 2.05 bits per heavy atom. The first kappa shape index (κ1) is 15.3. The molecule has 2 rings (SSSR count). The van der Waals surface area contributed by atoms with Crippen LogP contribution >= 0.6 is 0 Å². The fourth-order valence-corrected chi connectivity index (χ4v) is 3.44. The summed E-state index contributed by atoms with van der Waals surface area (Å²) in [6.07, 6.45) is 9.20. The van der Waals surface area contributed by atoms with Gasteiger partial charge in [0.15, 0.2) is 0 Å². The van der Waals surface area contributed by atoms with Crippen molar-refractivity contribution in [1.29, 1.82) is 0 Å². The van der Waals surface area contributed by atoms with Crippen LogP contribution in [0.25, 0.3) is 0 Å². The fourth-order valence-electron chi connectivity index (χ4n) is 3.44. The van der Waals surface area contributed by atoms with E-state index in [0.29, 0.717) is 6.54 Å². The van der Waals surface area contributed by atoms with Gasteiger partial charge in [-0.3, -0.25) is 9.59 Å². The first-order chi connectivity index (χ1) is 9.70. The van der Waals surface area contributed by atoms with Crippen LogP contribution in [0.4, 0.5) is 0 Å². The summed E-state index contributed by atoms with van der Waals surface area (Å²) < 4.78 is 0. The maximum absolute atomic E-state index is 12.5. The molecule has 0 aromatic rings. The molecule has 2 aliphatic rings. The van der Waals surface area contributed by atoms with Gasteiger partial charge in [-0.05, 0) is 38.0 Å². The van der Waals surface area contributed by atoms with Gasteiger partial charge in [-0.1, -0.05) is 26.2 Å². The van der Waals surface area contributed by atoms with Crippen molar-refractivity contribution >= 4 is 11.8 Å². The minimum absolute atomic E-state index is 0.00696. The summed E-state index contributed by atoms with van der Waals surface area (Å²) in [5, 5.41) is 2.83. The van der Waals surface area contributed by atoms with E-state index in [1.807, 2.05) is 0 Å². The average molecular weight is 280 g/mol. The molecular weight excluding hydrogens is 252 g/mol. The summed E-state index contributed by atoms with van der Waals surface area (Å²) in [6, 6.07) is 0. The van der Waals surface area contributed by atoms with Gasteiger partial charge in [0, 0.05) is 19.0 Å². The van der Waals surface area contributed by atoms with E-state index >= 15 is 0 Å². The standard InChI is InChI=1S/C16H28N2O2/c1-2-3-5-13-6-8-14(9-7-13)16(20)18-11-4-10-17-15(19)12-18/h13-14H,2-12H2,1H3,(H,17,19). The Morgan fingerprint density at radius 1 is 1.30 bits per heavy atom. The highest BCUT2D eigenvalue weighted by atomic mass is 16.2. The summed E-state index contributed by atoms with van der Waals surface area (Å²) in [6.45, 7) is 3.92. The number of nitrogens with zero attached hydrogens (tertiary/aromatic N) is 1.